The summed E-state index contributed by atoms with van der Waals surface area (Å²) in [6.07, 6.45) is 1.94. The van der Waals surface area contributed by atoms with Crippen LogP contribution >= 0.6 is 11.3 Å². The summed E-state index contributed by atoms with van der Waals surface area (Å²) in [6.45, 7) is 4.30. The molecule has 0 aliphatic heterocycles. The van der Waals surface area contributed by atoms with Crippen molar-refractivity contribution in [3.8, 4) is 11.1 Å². The number of nitrogens with zero attached hydrogens (tertiary/aromatic N) is 1. The summed E-state index contributed by atoms with van der Waals surface area (Å²) >= 11 is 1.88. The maximum absolute atomic E-state index is 4.60. The molecule has 25 heavy (non-hydrogen) atoms. The van der Waals surface area contributed by atoms with Gasteiger partial charge in [-0.2, -0.15) is 0 Å². The number of pyridine rings is 1. The van der Waals surface area contributed by atoms with Crippen LogP contribution in [0.1, 0.15) is 11.3 Å². The summed E-state index contributed by atoms with van der Waals surface area (Å²) in [5.41, 5.74) is 4.97. The predicted molar refractivity (Wildman–Crippen MR) is 110 cm³/mol. The van der Waals surface area contributed by atoms with Gasteiger partial charge in [0.25, 0.3) is 0 Å². The molecule has 1 nitrogen and oxygen atoms in total. The van der Waals surface area contributed by atoms with Gasteiger partial charge in [-0.3, -0.25) is 4.98 Å². The summed E-state index contributed by atoms with van der Waals surface area (Å²) in [7, 11) is 0. The Morgan fingerprint density at radius 3 is 2.40 bits per heavy atom. The van der Waals surface area contributed by atoms with E-state index < -0.39 is 0 Å². The lowest BCUT2D eigenvalue weighted by atomic mass is 9.92. The van der Waals surface area contributed by atoms with Gasteiger partial charge in [-0.05, 0) is 54.1 Å². The summed E-state index contributed by atoms with van der Waals surface area (Å²) in [5, 5.41) is 5.28. The first kappa shape index (κ1) is 14.6. The van der Waals surface area contributed by atoms with Crippen molar-refractivity contribution < 1.29 is 0 Å². The molecule has 0 N–H and O–H groups in total. The van der Waals surface area contributed by atoms with Crippen LogP contribution in [0.5, 0.6) is 0 Å². The van der Waals surface area contributed by atoms with Gasteiger partial charge in [-0.15, -0.1) is 11.3 Å². The molecule has 0 aliphatic rings. The Kier molecular flexibility index (Phi) is 3.16. The molecule has 120 valence electrons. The van der Waals surface area contributed by atoms with Gasteiger partial charge >= 0.3 is 0 Å². The van der Waals surface area contributed by atoms with Crippen molar-refractivity contribution >= 4 is 42.3 Å². The second-order valence-electron chi connectivity index (χ2n) is 6.53. The topological polar surface area (TPSA) is 12.9 Å². The highest BCUT2D eigenvalue weighted by molar-refractivity contribution is 7.26. The third kappa shape index (κ3) is 2.11. The Labute approximate surface area is 150 Å². The quantitative estimate of drug-likeness (QED) is 0.324. The molecule has 0 amide bonds. The standard InChI is InChI=1S/C23H17NS/c1-14-7-3-4-8-16(14)19-13-21-23(17-9-5-6-10-20(17)25-21)18-11-12-24-15(2)22(18)19/h3-13H,1-2H3. The van der Waals surface area contributed by atoms with Crippen LogP contribution in [0, 0.1) is 13.8 Å². The molecule has 2 aromatic heterocycles. The molecule has 0 aliphatic carbocycles. The van der Waals surface area contributed by atoms with Gasteiger partial charge in [0.1, 0.15) is 0 Å². The minimum atomic E-state index is 1.09. The normalized spacial score (nSPS) is 11.6. The molecule has 2 heteroatoms. The molecule has 5 rings (SSSR count). The number of hydrogen-bond donors (Lipinski definition) is 0. The highest BCUT2D eigenvalue weighted by atomic mass is 32.1. The number of aryl methyl sites for hydroxylation is 2. The van der Waals surface area contributed by atoms with Crippen molar-refractivity contribution in [1.82, 2.24) is 4.98 Å². The Bertz CT molecular complexity index is 1260. The zero-order chi connectivity index (χ0) is 17.0. The van der Waals surface area contributed by atoms with Crippen LogP contribution in [0.2, 0.25) is 0 Å². The summed E-state index contributed by atoms with van der Waals surface area (Å²) in [5.74, 6) is 0. The molecule has 2 heterocycles. The van der Waals surface area contributed by atoms with E-state index in [4.69, 9.17) is 0 Å². The van der Waals surface area contributed by atoms with Crippen molar-refractivity contribution in [2.45, 2.75) is 13.8 Å². The van der Waals surface area contributed by atoms with E-state index in [2.05, 4.69) is 79.5 Å². The maximum Gasteiger partial charge on any atom is 0.0457 e. The van der Waals surface area contributed by atoms with Crippen LogP contribution in [0.4, 0.5) is 0 Å². The number of hydrogen-bond acceptors (Lipinski definition) is 2. The largest absolute Gasteiger partial charge is 0.261 e. The third-order valence-corrected chi connectivity index (χ3v) is 6.13. The van der Waals surface area contributed by atoms with Gasteiger partial charge < -0.3 is 0 Å². The first-order chi connectivity index (χ1) is 12.2. The van der Waals surface area contributed by atoms with E-state index in [1.165, 1.54) is 47.6 Å². The average molecular weight is 339 g/mol. The van der Waals surface area contributed by atoms with Crippen molar-refractivity contribution in [2.24, 2.45) is 0 Å². The van der Waals surface area contributed by atoms with Crippen LogP contribution in [-0.4, -0.2) is 4.98 Å². The van der Waals surface area contributed by atoms with Crippen LogP contribution < -0.4 is 0 Å². The second-order valence-corrected chi connectivity index (χ2v) is 7.61. The van der Waals surface area contributed by atoms with Crippen molar-refractivity contribution in [2.75, 3.05) is 0 Å². The van der Waals surface area contributed by atoms with Crippen LogP contribution in [0.15, 0.2) is 66.9 Å². The van der Waals surface area contributed by atoms with E-state index in [0.717, 1.165) is 5.69 Å². The molecule has 0 unspecified atom stereocenters. The fraction of sp³-hybridized carbons (Fsp3) is 0.0870. The van der Waals surface area contributed by atoms with Crippen LogP contribution in [0.3, 0.4) is 0 Å². The molecule has 0 spiro atoms. The van der Waals surface area contributed by atoms with E-state index >= 15 is 0 Å². The van der Waals surface area contributed by atoms with Gasteiger partial charge in [-0.1, -0.05) is 42.5 Å². The molecule has 5 aromatic rings. The fourth-order valence-corrected chi connectivity index (χ4v) is 5.01. The van der Waals surface area contributed by atoms with Gasteiger partial charge in [0.15, 0.2) is 0 Å². The molecule has 0 saturated carbocycles. The number of rotatable bonds is 1. The molecular weight excluding hydrogens is 322 g/mol. The second kappa shape index (κ2) is 5.40. The summed E-state index contributed by atoms with van der Waals surface area (Å²) in [6, 6.07) is 21.9. The SMILES string of the molecule is Cc1ccccc1-c1cc2sc3ccccc3c2c2ccnc(C)c12. The monoisotopic (exact) mass is 339 g/mol. The number of aromatic nitrogens is 1. The Morgan fingerprint density at radius 2 is 1.52 bits per heavy atom. The molecule has 3 aromatic carbocycles. The highest BCUT2D eigenvalue weighted by Gasteiger charge is 2.15. The number of thiophene rings is 1. The smallest absolute Gasteiger partial charge is 0.0457 e. The lowest BCUT2D eigenvalue weighted by Gasteiger charge is -2.13. The van der Waals surface area contributed by atoms with Crippen LogP contribution in [-0.2, 0) is 0 Å². The van der Waals surface area contributed by atoms with Crippen molar-refractivity contribution in [1.29, 1.82) is 0 Å². The maximum atomic E-state index is 4.60. The van der Waals surface area contributed by atoms with Crippen molar-refractivity contribution in [3.05, 3.63) is 78.1 Å². The first-order valence-electron chi connectivity index (χ1n) is 8.49. The van der Waals surface area contributed by atoms with E-state index in [1.54, 1.807) is 0 Å². The third-order valence-electron chi connectivity index (χ3n) is 5.01. The van der Waals surface area contributed by atoms with E-state index in [0.29, 0.717) is 0 Å². The van der Waals surface area contributed by atoms with Gasteiger partial charge in [0.05, 0.1) is 0 Å². The summed E-state index contributed by atoms with van der Waals surface area (Å²) in [4.78, 5) is 4.60. The lowest BCUT2D eigenvalue weighted by Crippen LogP contribution is -1.90. The fourth-order valence-electron chi connectivity index (χ4n) is 3.85. The molecule has 0 bridgehead atoms. The molecular formula is C23H17NS. The van der Waals surface area contributed by atoms with Crippen LogP contribution in [0.25, 0.3) is 42.1 Å². The first-order valence-corrected chi connectivity index (χ1v) is 9.31. The Balaban J connectivity index is 2.05. The van der Waals surface area contributed by atoms with Gasteiger partial charge in [0.2, 0.25) is 0 Å². The lowest BCUT2D eigenvalue weighted by molar-refractivity contribution is 1.24. The number of fused-ring (bicyclic) bond motifs is 5. The number of benzene rings is 3. The Hall–Kier alpha value is -2.71. The molecule has 0 saturated heterocycles. The van der Waals surface area contributed by atoms with Gasteiger partial charge in [-0.25, -0.2) is 0 Å². The van der Waals surface area contributed by atoms with E-state index in [-0.39, 0.29) is 0 Å². The minimum Gasteiger partial charge on any atom is -0.261 e. The van der Waals surface area contributed by atoms with Crippen molar-refractivity contribution in [3.63, 3.8) is 0 Å². The summed E-state index contributed by atoms with van der Waals surface area (Å²) < 4.78 is 2.69. The highest BCUT2D eigenvalue weighted by Crippen LogP contribution is 2.43. The zero-order valence-electron chi connectivity index (χ0n) is 14.2. The van der Waals surface area contributed by atoms with E-state index in [1.807, 2.05) is 17.5 Å². The predicted octanol–water partition coefficient (Wildman–Crippen LogP) is 6.89. The Morgan fingerprint density at radius 1 is 0.720 bits per heavy atom. The zero-order valence-corrected chi connectivity index (χ0v) is 15.0. The molecule has 0 radical (unpaired) electrons. The molecule has 0 fully saturated rings. The average Bonchev–Trinajstić information content (AvgIpc) is 3.00. The van der Waals surface area contributed by atoms with Gasteiger partial charge in [0, 0.05) is 37.4 Å². The molecule has 0 atom stereocenters. The minimum absolute atomic E-state index is 1.09. The van der Waals surface area contributed by atoms with E-state index in [9.17, 15) is 0 Å².